The maximum atomic E-state index is 10.6. The Labute approximate surface area is 84.3 Å². The predicted octanol–water partition coefficient (Wildman–Crippen LogP) is 0.978. The summed E-state index contributed by atoms with van der Waals surface area (Å²) in [5, 5.41) is 19.5. The molecule has 0 atom stereocenters. The van der Waals surface area contributed by atoms with Crippen molar-refractivity contribution < 1.29 is 24.4 Å². The van der Waals surface area contributed by atoms with Crippen LogP contribution in [0.5, 0.6) is 5.75 Å². The minimum Gasteiger partial charge on any atom is -0.502 e. The average Bonchev–Trinajstić information content (AvgIpc) is 1.99. The van der Waals surface area contributed by atoms with Gasteiger partial charge in [-0.3, -0.25) is 14.7 Å². The zero-order valence-electron chi connectivity index (χ0n) is 7.40. The molecule has 82 valence electrons. The molecule has 0 amide bonds. The Morgan fingerprint density at radius 3 is 2.40 bits per heavy atom. The quantitative estimate of drug-likeness (QED) is 0.406. The molecule has 0 saturated carbocycles. The topological polar surface area (TPSA) is 121 Å². The molecule has 0 fully saturated rings. The van der Waals surface area contributed by atoms with Crippen LogP contribution in [-0.4, -0.2) is 19.8 Å². The summed E-state index contributed by atoms with van der Waals surface area (Å²) in [4.78, 5) is 26.8. The van der Waals surface area contributed by atoms with Gasteiger partial charge in [0, 0.05) is 6.07 Å². The third kappa shape index (κ3) is 3.32. The van der Waals surface area contributed by atoms with Crippen molar-refractivity contribution in [3.63, 3.8) is 0 Å². The van der Waals surface area contributed by atoms with Gasteiger partial charge in [-0.2, -0.15) is 0 Å². The minimum atomic E-state index is -4.23. The highest BCUT2D eigenvalue weighted by molar-refractivity contribution is 7.50. The fourth-order valence-electron chi connectivity index (χ4n) is 1.06. The van der Waals surface area contributed by atoms with Crippen LogP contribution in [-0.2, 0) is 10.7 Å². The molecular weight excluding hydrogens is 225 g/mol. The summed E-state index contributed by atoms with van der Waals surface area (Å²) in [6.45, 7) is 0. The first-order chi connectivity index (χ1) is 6.79. The maximum Gasteiger partial charge on any atom is 0.329 e. The van der Waals surface area contributed by atoms with Gasteiger partial charge in [-0.15, -0.1) is 0 Å². The summed E-state index contributed by atoms with van der Waals surface area (Å²) < 4.78 is 10.6. The molecule has 1 aromatic rings. The van der Waals surface area contributed by atoms with Gasteiger partial charge < -0.3 is 14.9 Å². The van der Waals surface area contributed by atoms with E-state index in [1.807, 2.05) is 0 Å². The summed E-state index contributed by atoms with van der Waals surface area (Å²) in [5.41, 5.74) is -0.351. The first-order valence-corrected chi connectivity index (χ1v) is 5.60. The third-order valence-corrected chi connectivity index (χ3v) is 2.40. The van der Waals surface area contributed by atoms with Gasteiger partial charge in [0.05, 0.1) is 11.1 Å². The molecule has 7 nitrogen and oxygen atoms in total. The van der Waals surface area contributed by atoms with Crippen molar-refractivity contribution in [2.24, 2.45) is 0 Å². The number of benzene rings is 1. The number of aromatic hydroxyl groups is 1. The van der Waals surface area contributed by atoms with Crippen LogP contribution < -0.4 is 0 Å². The van der Waals surface area contributed by atoms with E-state index in [-0.39, 0.29) is 5.56 Å². The summed E-state index contributed by atoms with van der Waals surface area (Å²) in [7, 11) is -4.23. The first kappa shape index (κ1) is 11.6. The standard InChI is InChI=1S/C7H8NO6P/c9-7-3-5(4-15(12,13)14)1-2-6(7)8(10)11/h1-3,9H,4H2,(H2,12,13,14). The lowest BCUT2D eigenvalue weighted by Crippen LogP contribution is -1.91. The average molecular weight is 233 g/mol. The second-order valence-electron chi connectivity index (χ2n) is 2.90. The number of nitro benzene ring substituents is 1. The molecule has 0 aliphatic heterocycles. The van der Waals surface area contributed by atoms with Gasteiger partial charge in [0.25, 0.3) is 0 Å². The molecule has 0 unspecified atom stereocenters. The number of nitro groups is 1. The van der Waals surface area contributed by atoms with Crippen LogP contribution in [0.2, 0.25) is 0 Å². The summed E-state index contributed by atoms with van der Waals surface area (Å²) in [6, 6.07) is 3.16. The van der Waals surface area contributed by atoms with Gasteiger partial charge in [-0.25, -0.2) is 0 Å². The van der Waals surface area contributed by atoms with E-state index in [1.54, 1.807) is 0 Å². The lowest BCUT2D eigenvalue weighted by molar-refractivity contribution is -0.385. The van der Waals surface area contributed by atoms with Gasteiger partial charge in [-0.1, -0.05) is 6.07 Å². The highest BCUT2D eigenvalue weighted by Crippen LogP contribution is 2.40. The first-order valence-electron chi connectivity index (χ1n) is 3.80. The number of phenolic OH excluding ortho intramolecular Hbond substituents is 1. The fraction of sp³-hybridized carbons (Fsp3) is 0.143. The molecule has 1 rings (SSSR count). The van der Waals surface area contributed by atoms with Crippen molar-refractivity contribution in [2.45, 2.75) is 6.16 Å². The number of rotatable bonds is 3. The molecular formula is C7H8NO6P. The SMILES string of the molecule is O=[N+]([O-])c1ccc(CP(=O)(O)O)cc1O. The Balaban J connectivity index is 3.02. The second kappa shape index (κ2) is 3.98. The molecule has 15 heavy (non-hydrogen) atoms. The maximum absolute atomic E-state index is 10.6. The molecule has 0 heterocycles. The van der Waals surface area contributed by atoms with Crippen molar-refractivity contribution in [2.75, 3.05) is 0 Å². The third-order valence-electron chi connectivity index (χ3n) is 1.63. The van der Waals surface area contributed by atoms with E-state index in [4.69, 9.17) is 14.9 Å². The Hall–Kier alpha value is -1.43. The minimum absolute atomic E-state index is 0.145. The van der Waals surface area contributed by atoms with Crippen LogP contribution in [0.25, 0.3) is 0 Å². The molecule has 8 heteroatoms. The van der Waals surface area contributed by atoms with Gasteiger partial charge in [0.15, 0.2) is 5.75 Å². The highest BCUT2D eigenvalue weighted by atomic mass is 31.2. The lowest BCUT2D eigenvalue weighted by atomic mass is 10.2. The van der Waals surface area contributed by atoms with Gasteiger partial charge in [0.1, 0.15) is 0 Å². The Kier molecular flexibility index (Phi) is 3.09. The van der Waals surface area contributed by atoms with Crippen molar-refractivity contribution in [1.82, 2.24) is 0 Å². The highest BCUT2D eigenvalue weighted by Gasteiger charge is 2.18. The molecule has 0 spiro atoms. The number of nitrogens with zero attached hydrogens (tertiary/aromatic N) is 1. The summed E-state index contributed by atoms with van der Waals surface area (Å²) in [6.07, 6.45) is -0.557. The van der Waals surface area contributed by atoms with Gasteiger partial charge in [-0.05, 0) is 11.6 Å². The van der Waals surface area contributed by atoms with E-state index in [0.717, 1.165) is 12.1 Å². The van der Waals surface area contributed by atoms with Crippen LogP contribution in [0, 0.1) is 10.1 Å². The predicted molar refractivity (Wildman–Crippen MR) is 50.5 cm³/mol. The van der Waals surface area contributed by atoms with Crippen molar-refractivity contribution in [1.29, 1.82) is 0 Å². The second-order valence-corrected chi connectivity index (χ2v) is 4.55. The van der Waals surface area contributed by atoms with E-state index < -0.39 is 30.1 Å². The van der Waals surface area contributed by atoms with Crippen molar-refractivity contribution in [3.8, 4) is 5.75 Å². The normalized spacial score (nSPS) is 11.3. The number of hydrogen-bond donors (Lipinski definition) is 3. The molecule has 0 aliphatic carbocycles. The Bertz CT molecular complexity index is 439. The zero-order valence-corrected chi connectivity index (χ0v) is 8.29. The smallest absolute Gasteiger partial charge is 0.329 e. The van der Waals surface area contributed by atoms with Crippen LogP contribution in [0.1, 0.15) is 5.56 Å². The van der Waals surface area contributed by atoms with Crippen LogP contribution in [0.15, 0.2) is 18.2 Å². The molecule has 0 saturated heterocycles. The monoisotopic (exact) mass is 233 g/mol. The molecule has 3 N–H and O–H groups in total. The van der Waals surface area contributed by atoms with Crippen molar-refractivity contribution >= 4 is 13.3 Å². The lowest BCUT2D eigenvalue weighted by Gasteiger charge is -2.04. The zero-order chi connectivity index (χ0) is 11.6. The largest absolute Gasteiger partial charge is 0.502 e. The Morgan fingerprint density at radius 2 is 2.00 bits per heavy atom. The van der Waals surface area contributed by atoms with Crippen LogP contribution >= 0.6 is 7.60 Å². The number of phenols is 1. The fourth-order valence-corrected chi connectivity index (χ4v) is 1.73. The summed E-state index contributed by atoms with van der Waals surface area (Å²) >= 11 is 0. The van der Waals surface area contributed by atoms with Crippen LogP contribution in [0.3, 0.4) is 0 Å². The van der Waals surface area contributed by atoms with E-state index in [9.17, 15) is 14.7 Å². The van der Waals surface area contributed by atoms with Crippen molar-refractivity contribution in [3.05, 3.63) is 33.9 Å². The summed E-state index contributed by atoms with van der Waals surface area (Å²) in [5.74, 6) is -0.606. The van der Waals surface area contributed by atoms with Gasteiger partial charge in [0.2, 0.25) is 0 Å². The van der Waals surface area contributed by atoms with E-state index in [2.05, 4.69) is 0 Å². The molecule has 1 aromatic carbocycles. The molecule has 0 radical (unpaired) electrons. The van der Waals surface area contributed by atoms with E-state index in [0.29, 0.717) is 0 Å². The Morgan fingerprint density at radius 1 is 1.40 bits per heavy atom. The molecule has 0 aliphatic rings. The number of hydrogen-bond acceptors (Lipinski definition) is 4. The van der Waals surface area contributed by atoms with E-state index in [1.165, 1.54) is 6.07 Å². The molecule has 0 bridgehead atoms. The van der Waals surface area contributed by atoms with E-state index >= 15 is 0 Å². The molecule has 0 aromatic heterocycles. The van der Waals surface area contributed by atoms with Crippen LogP contribution in [0.4, 0.5) is 5.69 Å². The van der Waals surface area contributed by atoms with Gasteiger partial charge >= 0.3 is 13.3 Å².